The Hall–Kier alpha value is -4.22. The van der Waals surface area contributed by atoms with Crippen LogP contribution >= 0.6 is 7.14 Å². The molecule has 0 saturated carbocycles. The number of benzene rings is 3. The second kappa shape index (κ2) is 10.7. The average molecular weight is 553 g/mol. The Kier molecular flexibility index (Phi) is 7.35. The van der Waals surface area contributed by atoms with Crippen molar-refractivity contribution >= 4 is 40.2 Å². The molecule has 0 bridgehead atoms. The van der Waals surface area contributed by atoms with Crippen LogP contribution in [0.15, 0.2) is 91.4 Å². The minimum Gasteiger partial charge on any atom is -0.456 e. The van der Waals surface area contributed by atoms with E-state index in [9.17, 15) is 9.36 Å². The molecular weight excluding hydrogens is 519 g/mol. The van der Waals surface area contributed by atoms with Crippen molar-refractivity contribution in [1.29, 1.82) is 0 Å². The first-order chi connectivity index (χ1) is 19.0. The van der Waals surface area contributed by atoms with E-state index < -0.39 is 7.14 Å². The number of rotatable bonds is 7. The summed E-state index contributed by atoms with van der Waals surface area (Å²) in [6, 6.07) is 22.7. The number of anilines is 1. The molecule has 1 amide bonds. The molecule has 204 valence electrons. The Balaban J connectivity index is 1.34. The van der Waals surface area contributed by atoms with Crippen molar-refractivity contribution in [3.63, 3.8) is 0 Å². The van der Waals surface area contributed by atoms with Crippen LogP contribution in [-0.4, -0.2) is 27.3 Å². The summed E-state index contributed by atoms with van der Waals surface area (Å²) >= 11 is 0. The van der Waals surface area contributed by atoms with Crippen molar-refractivity contribution in [2.75, 3.05) is 12.0 Å². The van der Waals surface area contributed by atoms with Crippen molar-refractivity contribution in [1.82, 2.24) is 14.8 Å². The maximum absolute atomic E-state index is 13.8. The van der Waals surface area contributed by atoms with Crippen LogP contribution in [0.1, 0.15) is 31.9 Å². The summed E-state index contributed by atoms with van der Waals surface area (Å²) in [6.45, 7) is 9.90. The number of aryl methyl sites for hydroxylation is 1. The summed E-state index contributed by atoms with van der Waals surface area (Å²) < 4.78 is 21.9. The van der Waals surface area contributed by atoms with Gasteiger partial charge in [-0.1, -0.05) is 42.5 Å². The third-order valence-electron chi connectivity index (χ3n) is 6.80. The predicted molar refractivity (Wildman–Crippen MR) is 162 cm³/mol. The topological polar surface area (TPSA) is 86.1 Å². The van der Waals surface area contributed by atoms with E-state index in [1.165, 1.54) is 0 Å². The van der Waals surface area contributed by atoms with Gasteiger partial charge in [0.1, 0.15) is 18.6 Å². The molecule has 0 unspecified atom stereocenters. The summed E-state index contributed by atoms with van der Waals surface area (Å²) in [5.74, 6) is 1.19. The van der Waals surface area contributed by atoms with Crippen molar-refractivity contribution in [3.8, 4) is 11.5 Å². The normalized spacial score (nSPS) is 13.1. The number of carbonyl (C=O) groups excluding carboxylic acids is 1. The van der Waals surface area contributed by atoms with Crippen LogP contribution in [0.3, 0.4) is 0 Å². The molecule has 1 atom stereocenters. The molecule has 5 aromatic rings. The molecule has 0 radical (unpaired) electrons. The largest absolute Gasteiger partial charge is 0.456 e. The van der Waals surface area contributed by atoms with Crippen LogP contribution in [-0.2, 0) is 21.3 Å². The molecule has 8 heteroatoms. The van der Waals surface area contributed by atoms with Gasteiger partial charge < -0.3 is 14.6 Å². The minimum atomic E-state index is -2.79. The van der Waals surface area contributed by atoms with E-state index in [0.717, 1.165) is 32.6 Å². The van der Waals surface area contributed by atoms with Gasteiger partial charge in [-0.15, -0.1) is 0 Å². The summed E-state index contributed by atoms with van der Waals surface area (Å²) in [5, 5.41) is 9.60. The van der Waals surface area contributed by atoms with Crippen LogP contribution in [0, 0.1) is 6.92 Å². The average Bonchev–Trinajstić information content (AvgIpc) is 3.39. The van der Waals surface area contributed by atoms with Crippen molar-refractivity contribution < 1.29 is 14.1 Å². The van der Waals surface area contributed by atoms with Crippen LogP contribution in [0.4, 0.5) is 5.69 Å². The van der Waals surface area contributed by atoms with E-state index in [-0.39, 0.29) is 17.9 Å². The van der Waals surface area contributed by atoms with Gasteiger partial charge in [-0.25, -0.2) is 0 Å². The number of nitrogens with zero attached hydrogens (tertiary/aromatic N) is 3. The minimum absolute atomic E-state index is 0.114. The third kappa shape index (κ3) is 5.85. The zero-order valence-electron chi connectivity index (χ0n) is 23.4. The van der Waals surface area contributed by atoms with E-state index in [4.69, 9.17) is 4.74 Å². The van der Waals surface area contributed by atoms with Gasteiger partial charge in [-0.05, 0) is 75.8 Å². The molecule has 1 N–H and O–H groups in total. The molecule has 0 aliphatic heterocycles. The Bertz CT molecular complexity index is 1740. The van der Waals surface area contributed by atoms with Crippen LogP contribution < -0.4 is 20.7 Å². The maximum Gasteiger partial charge on any atom is 0.228 e. The lowest BCUT2D eigenvalue weighted by atomic mass is 10.1. The highest BCUT2D eigenvalue weighted by Gasteiger charge is 2.22. The number of ether oxygens (including phenoxy) is 1. The number of amides is 1. The van der Waals surface area contributed by atoms with Crippen molar-refractivity contribution in [2.24, 2.45) is 0 Å². The van der Waals surface area contributed by atoms with Crippen LogP contribution in [0.5, 0.6) is 11.5 Å². The molecule has 2 heterocycles. The number of hydrogen-bond acceptors (Lipinski definition) is 5. The molecule has 0 spiro atoms. The lowest BCUT2D eigenvalue weighted by molar-refractivity contribution is -0.115. The van der Waals surface area contributed by atoms with E-state index >= 15 is 0 Å². The van der Waals surface area contributed by atoms with Gasteiger partial charge >= 0.3 is 0 Å². The second-order valence-electron chi connectivity index (χ2n) is 11.0. The first kappa shape index (κ1) is 27.4. The first-order valence-electron chi connectivity index (χ1n) is 13.2. The highest BCUT2D eigenvalue weighted by Crippen LogP contribution is 2.40. The van der Waals surface area contributed by atoms with Gasteiger partial charge in [0.15, 0.2) is 0 Å². The smallest absolute Gasteiger partial charge is 0.228 e. The highest BCUT2D eigenvalue weighted by molar-refractivity contribution is 7.78. The zero-order chi connectivity index (χ0) is 28.5. The van der Waals surface area contributed by atoms with Gasteiger partial charge in [-0.3, -0.25) is 14.5 Å². The molecule has 0 aliphatic carbocycles. The fraction of sp³-hybridized carbons (Fsp3) is 0.219. The lowest BCUT2D eigenvalue weighted by Crippen LogP contribution is -2.22. The number of fused-ring (bicyclic) bond motifs is 1. The quantitative estimate of drug-likeness (QED) is 0.236. The number of carbonyl (C=O) groups is 1. The Labute approximate surface area is 234 Å². The van der Waals surface area contributed by atoms with E-state index in [0.29, 0.717) is 17.2 Å². The van der Waals surface area contributed by atoms with Crippen molar-refractivity contribution in [3.05, 3.63) is 103 Å². The molecule has 5 rings (SSSR count). The zero-order valence-corrected chi connectivity index (χ0v) is 24.3. The fourth-order valence-corrected chi connectivity index (χ4v) is 6.30. The standard InChI is InChI=1S/C32H33N4O3P/c1-22-17-23(18-31(37)35-24-20-34-36(21-24)32(2,3)4)11-14-29(22)39-30-15-16-33-28-13-12-26(19-27(28)30)40(5,38)25-9-7-6-8-10-25/h6-17,19-21H,18H2,1-5H3,(H,35,37)/t40-/m1/s1. The van der Waals surface area contributed by atoms with E-state index in [1.807, 2.05) is 90.6 Å². The van der Waals surface area contributed by atoms with Gasteiger partial charge in [0.2, 0.25) is 5.91 Å². The van der Waals surface area contributed by atoms with E-state index in [1.54, 1.807) is 19.1 Å². The Morgan fingerprint density at radius 1 is 0.975 bits per heavy atom. The molecule has 0 aliphatic rings. The molecule has 0 saturated heterocycles. The summed E-state index contributed by atoms with van der Waals surface area (Å²) in [7, 11) is -2.79. The number of hydrogen-bond donors (Lipinski definition) is 1. The summed E-state index contributed by atoms with van der Waals surface area (Å²) in [4.78, 5) is 17.2. The number of nitrogens with one attached hydrogen (secondary N) is 1. The van der Waals surface area contributed by atoms with E-state index in [2.05, 4.69) is 36.2 Å². The monoisotopic (exact) mass is 552 g/mol. The van der Waals surface area contributed by atoms with Gasteiger partial charge in [-0.2, -0.15) is 5.10 Å². The van der Waals surface area contributed by atoms with Gasteiger partial charge in [0.05, 0.1) is 29.4 Å². The maximum atomic E-state index is 13.8. The number of aromatic nitrogens is 3. The lowest BCUT2D eigenvalue weighted by Gasteiger charge is -2.18. The molecule has 2 aromatic heterocycles. The fourth-order valence-electron chi connectivity index (χ4n) is 4.52. The SMILES string of the molecule is Cc1cc(CC(=O)Nc2cnn(C(C)(C)C)c2)ccc1Oc1ccnc2ccc([P@](C)(=O)c3ccccc3)cc12. The first-order valence-corrected chi connectivity index (χ1v) is 15.3. The highest BCUT2D eigenvalue weighted by atomic mass is 31.2. The second-order valence-corrected chi connectivity index (χ2v) is 13.9. The molecule has 0 fully saturated rings. The molecule has 40 heavy (non-hydrogen) atoms. The Morgan fingerprint density at radius 2 is 1.75 bits per heavy atom. The summed E-state index contributed by atoms with van der Waals surface area (Å²) in [6.07, 6.45) is 5.43. The van der Waals surface area contributed by atoms with Crippen molar-refractivity contribution in [2.45, 2.75) is 39.7 Å². The van der Waals surface area contributed by atoms with Gasteiger partial charge in [0, 0.05) is 28.4 Å². The third-order valence-corrected chi connectivity index (χ3v) is 9.35. The summed E-state index contributed by atoms with van der Waals surface area (Å²) in [5.41, 5.74) is 3.05. The molecular formula is C32H33N4O3P. The van der Waals surface area contributed by atoms with Crippen LogP contribution in [0.25, 0.3) is 10.9 Å². The molecule has 7 nitrogen and oxygen atoms in total. The number of pyridine rings is 1. The Morgan fingerprint density at radius 3 is 2.45 bits per heavy atom. The van der Waals surface area contributed by atoms with Crippen LogP contribution in [0.2, 0.25) is 0 Å². The molecule has 3 aromatic carbocycles. The van der Waals surface area contributed by atoms with Gasteiger partial charge in [0.25, 0.3) is 0 Å². The predicted octanol–water partition coefficient (Wildman–Crippen LogP) is 6.41.